The molecule has 1 N–H and O–H groups in total. The summed E-state index contributed by atoms with van der Waals surface area (Å²) < 4.78 is 71.8. The molecule has 0 aliphatic carbocycles. The van der Waals surface area contributed by atoms with Crippen LogP contribution in [0.2, 0.25) is 0 Å². The van der Waals surface area contributed by atoms with Crippen LogP contribution in [0.15, 0.2) is 18.2 Å². The first-order valence-corrected chi connectivity index (χ1v) is 7.00. The first-order valence-electron chi connectivity index (χ1n) is 7.00. The standard InChI is InChI=1S/C15H18F5NO3/c1-14(2,3)24-13(22)21-7-6-9-4-5-10(15(18,19)20)8-11(9)23-12(16)17/h4-5,8,12H,6-7H2,1-3H3,(H,21,22). The second-order valence-electron chi connectivity index (χ2n) is 5.88. The van der Waals surface area contributed by atoms with Gasteiger partial charge in [-0.05, 0) is 44.9 Å². The molecule has 0 atom stereocenters. The van der Waals surface area contributed by atoms with E-state index < -0.39 is 35.8 Å². The maximum atomic E-state index is 12.6. The van der Waals surface area contributed by atoms with E-state index in [0.29, 0.717) is 6.07 Å². The predicted molar refractivity (Wildman–Crippen MR) is 76.0 cm³/mol. The minimum Gasteiger partial charge on any atom is -0.444 e. The SMILES string of the molecule is CC(C)(C)OC(=O)NCCc1ccc(C(F)(F)F)cc1OC(F)F. The van der Waals surface area contributed by atoms with Gasteiger partial charge in [-0.3, -0.25) is 0 Å². The average Bonchev–Trinajstić information content (AvgIpc) is 2.36. The highest BCUT2D eigenvalue weighted by atomic mass is 19.4. The highest BCUT2D eigenvalue weighted by molar-refractivity contribution is 5.67. The zero-order chi connectivity index (χ0) is 18.5. The van der Waals surface area contributed by atoms with E-state index in [2.05, 4.69) is 10.1 Å². The van der Waals surface area contributed by atoms with Crippen LogP contribution in [-0.4, -0.2) is 24.9 Å². The zero-order valence-electron chi connectivity index (χ0n) is 13.3. The van der Waals surface area contributed by atoms with Crippen molar-refractivity contribution in [3.8, 4) is 5.75 Å². The molecule has 0 spiro atoms. The van der Waals surface area contributed by atoms with Crippen molar-refractivity contribution in [2.75, 3.05) is 6.54 Å². The summed E-state index contributed by atoms with van der Waals surface area (Å²) in [5.74, 6) is -0.578. The Bertz CT molecular complexity index is 567. The van der Waals surface area contributed by atoms with Crippen LogP contribution in [0.4, 0.5) is 26.7 Å². The summed E-state index contributed by atoms with van der Waals surface area (Å²) in [6.07, 6.45) is -5.39. The van der Waals surface area contributed by atoms with Crippen LogP contribution in [0.3, 0.4) is 0 Å². The zero-order valence-corrected chi connectivity index (χ0v) is 13.3. The highest BCUT2D eigenvalue weighted by Gasteiger charge is 2.31. The van der Waals surface area contributed by atoms with E-state index >= 15 is 0 Å². The second kappa shape index (κ2) is 7.67. The van der Waals surface area contributed by atoms with E-state index in [1.54, 1.807) is 20.8 Å². The molecule has 0 unspecified atom stereocenters. The van der Waals surface area contributed by atoms with Gasteiger partial charge >= 0.3 is 18.9 Å². The summed E-state index contributed by atoms with van der Waals surface area (Å²) in [7, 11) is 0. The number of alkyl halides is 5. The van der Waals surface area contributed by atoms with Crippen molar-refractivity contribution in [2.45, 2.75) is 45.6 Å². The van der Waals surface area contributed by atoms with Gasteiger partial charge in [0, 0.05) is 6.54 Å². The molecule has 0 aromatic heterocycles. The number of amides is 1. The van der Waals surface area contributed by atoms with Crippen LogP contribution in [0, 0.1) is 0 Å². The van der Waals surface area contributed by atoms with Gasteiger partial charge in [-0.2, -0.15) is 22.0 Å². The van der Waals surface area contributed by atoms with Crippen LogP contribution in [0.5, 0.6) is 5.75 Å². The molecular formula is C15H18F5NO3. The van der Waals surface area contributed by atoms with Crippen LogP contribution in [-0.2, 0) is 17.3 Å². The number of nitrogens with one attached hydrogen (secondary N) is 1. The third-order valence-electron chi connectivity index (χ3n) is 2.67. The van der Waals surface area contributed by atoms with E-state index in [-0.39, 0.29) is 18.5 Å². The minimum absolute atomic E-state index is 0.000562. The number of rotatable bonds is 5. The summed E-state index contributed by atoms with van der Waals surface area (Å²) in [5.41, 5.74) is -1.69. The van der Waals surface area contributed by atoms with Crippen molar-refractivity contribution in [3.63, 3.8) is 0 Å². The smallest absolute Gasteiger partial charge is 0.416 e. The molecule has 0 saturated heterocycles. The molecule has 0 aliphatic heterocycles. The Hall–Kier alpha value is -2.06. The van der Waals surface area contributed by atoms with Gasteiger partial charge in [0.25, 0.3) is 0 Å². The van der Waals surface area contributed by atoms with E-state index in [0.717, 1.165) is 12.1 Å². The van der Waals surface area contributed by atoms with Crippen LogP contribution in [0.1, 0.15) is 31.9 Å². The maximum absolute atomic E-state index is 12.6. The molecule has 136 valence electrons. The number of carbonyl (C=O) groups excluding carboxylic acids is 1. The lowest BCUT2D eigenvalue weighted by Gasteiger charge is -2.20. The number of hydrogen-bond acceptors (Lipinski definition) is 3. The fraction of sp³-hybridized carbons (Fsp3) is 0.533. The molecule has 0 aliphatic rings. The van der Waals surface area contributed by atoms with Crippen molar-refractivity contribution in [1.82, 2.24) is 5.32 Å². The Balaban J connectivity index is 2.78. The Labute approximate surface area is 135 Å². The summed E-state index contributed by atoms with van der Waals surface area (Å²) >= 11 is 0. The van der Waals surface area contributed by atoms with Crippen molar-refractivity contribution < 1.29 is 36.2 Å². The number of carbonyl (C=O) groups is 1. The summed E-state index contributed by atoms with van der Waals surface area (Å²) in [5, 5.41) is 2.39. The molecule has 24 heavy (non-hydrogen) atoms. The van der Waals surface area contributed by atoms with Gasteiger partial charge in [-0.1, -0.05) is 6.07 Å². The normalized spacial score (nSPS) is 12.2. The van der Waals surface area contributed by atoms with Crippen molar-refractivity contribution in [2.24, 2.45) is 0 Å². The molecule has 1 aromatic rings. The molecule has 9 heteroatoms. The Kier molecular flexibility index (Phi) is 6.39. The van der Waals surface area contributed by atoms with E-state index in [4.69, 9.17) is 4.74 Å². The molecule has 1 rings (SSSR count). The lowest BCUT2D eigenvalue weighted by atomic mass is 10.1. The lowest BCUT2D eigenvalue weighted by molar-refractivity contribution is -0.138. The summed E-state index contributed by atoms with van der Waals surface area (Å²) in [6, 6.07) is 2.31. The first kappa shape index (κ1) is 20.0. The highest BCUT2D eigenvalue weighted by Crippen LogP contribution is 2.33. The number of benzene rings is 1. The maximum Gasteiger partial charge on any atom is 0.416 e. The Morgan fingerprint density at radius 3 is 2.33 bits per heavy atom. The monoisotopic (exact) mass is 355 g/mol. The van der Waals surface area contributed by atoms with Gasteiger partial charge in [-0.25, -0.2) is 4.79 Å². The lowest BCUT2D eigenvalue weighted by Crippen LogP contribution is -2.33. The number of ether oxygens (including phenoxy) is 2. The molecule has 4 nitrogen and oxygen atoms in total. The van der Waals surface area contributed by atoms with E-state index in [1.165, 1.54) is 0 Å². The van der Waals surface area contributed by atoms with Crippen LogP contribution >= 0.6 is 0 Å². The van der Waals surface area contributed by atoms with E-state index in [9.17, 15) is 26.7 Å². The molecule has 1 amide bonds. The number of hydrogen-bond donors (Lipinski definition) is 1. The molecule has 0 fully saturated rings. The topological polar surface area (TPSA) is 47.6 Å². The van der Waals surface area contributed by atoms with Crippen LogP contribution in [0.25, 0.3) is 0 Å². The largest absolute Gasteiger partial charge is 0.444 e. The Morgan fingerprint density at radius 2 is 1.83 bits per heavy atom. The molecular weight excluding hydrogens is 337 g/mol. The van der Waals surface area contributed by atoms with Gasteiger partial charge in [0.2, 0.25) is 0 Å². The predicted octanol–water partition coefficient (Wildman–Crippen LogP) is 4.37. The molecule has 0 saturated carbocycles. The van der Waals surface area contributed by atoms with Gasteiger partial charge in [0.15, 0.2) is 0 Å². The third kappa shape index (κ3) is 7.01. The molecule has 0 radical (unpaired) electrons. The minimum atomic E-state index is -4.67. The summed E-state index contributed by atoms with van der Waals surface area (Å²) in [6.45, 7) is 1.72. The van der Waals surface area contributed by atoms with E-state index in [1.807, 2.05) is 0 Å². The number of alkyl carbamates (subject to hydrolysis) is 1. The second-order valence-corrected chi connectivity index (χ2v) is 5.88. The van der Waals surface area contributed by atoms with Gasteiger partial charge in [0.1, 0.15) is 11.4 Å². The van der Waals surface area contributed by atoms with Crippen LogP contribution < -0.4 is 10.1 Å². The van der Waals surface area contributed by atoms with Gasteiger partial charge in [-0.15, -0.1) is 0 Å². The fourth-order valence-corrected chi connectivity index (χ4v) is 1.76. The number of halogens is 5. The molecule has 0 heterocycles. The summed E-state index contributed by atoms with van der Waals surface area (Å²) in [4.78, 5) is 11.5. The first-order chi connectivity index (χ1) is 10.9. The van der Waals surface area contributed by atoms with Gasteiger partial charge < -0.3 is 14.8 Å². The van der Waals surface area contributed by atoms with Crippen molar-refractivity contribution in [3.05, 3.63) is 29.3 Å². The average molecular weight is 355 g/mol. The molecule has 1 aromatic carbocycles. The van der Waals surface area contributed by atoms with Gasteiger partial charge in [0.05, 0.1) is 5.56 Å². The quantitative estimate of drug-likeness (QED) is 0.798. The molecule has 0 bridgehead atoms. The third-order valence-corrected chi connectivity index (χ3v) is 2.67. The Morgan fingerprint density at radius 1 is 1.21 bits per heavy atom. The van der Waals surface area contributed by atoms with Crippen molar-refractivity contribution in [1.29, 1.82) is 0 Å². The fourth-order valence-electron chi connectivity index (χ4n) is 1.76. The van der Waals surface area contributed by atoms with Crippen molar-refractivity contribution >= 4 is 6.09 Å².